The minimum Gasteiger partial charge on any atom is -0.497 e. The third-order valence-corrected chi connectivity index (χ3v) is 4.64. The van der Waals surface area contributed by atoms with Crippen LogP contribution in [0.25, 0.3) is 5.69 Å². The number of aromatic nitrogens is 4. The van der Waals surface area contributed by atoms with Crippen LogP contribution >= 0.6 is 0 Å². The lowest BCUT2D eigenvalue weighted by atomic mass is 10.3. The molecule has 2 heterocycles. The number of carbonyl (C=O) groups is 1. The van der Waals surface area contributed by atoms with Crippen LogP contribution in [0, 0.1) is 0 Å². The first kappa shape index (κ1) is 17.8. The molecule has 2 aromatic carbocycles. The van der Waals surface area contributed by atoms with E-state index < -0.39 is 0 Å². The quantitative estimate of drug-likeness (QED) is 0.746. The second-order valence-electron chi connectivity index (χ2n) is 6.36. The molecular weight excluding hydrogens is 358 g/mol. The molecule has 0 bridgehead atoms. The lowest BCUT2D eigenvalue weighted by Crippen LogP contribution is -2.50. The Labute approximate surface area is 162 Å². The zero-order valence-electron chi connectivity index (χ0n) is 15.5. The number of amides is 2. The Morgan fingerprint density at radius 2 is 1.71 bits per heavy atom. The predicted octanol–water partition coefficient (Wildman–Crippen LogP) is 2.02. The Morgan fingerprint density at radius 1 is 1.00 bits per heavy atom. The van der Waals surface area contributed by atoms with Crippen molar-refractivity contribution in [1.82, 2.24) is 25.1 Å². The smallest absolute Gasteiger partial charge is 0.321 e. The summed E-state index contributed by atoms with van der Waals surface area (Å²) in [6.45, 7) is 2.49. The maximum Gasteiger partial charge on any atom is 0.321 e. The van der Waals surface area contributed by atoms with E-state index in [2.05, 4.69) is 25.7 Å². The molecule has 2 amide bonds. The minimum absolute atomic E-state index is 0.118. The van der Waals surface area contributed by atoms with Crippen LogP contribution in [0.4, 0.5) is 16.4 Å². The predicted molar refractivity (Wildman–Crippen MR) is 105 cm³/mol. The molecule has 1 aliphatic rings. The highest BCUT2D eigenvalue weighted by Crippen LogP contribution is 2.18. The van der Waals surface area contributed by atoms with E-state index in [1.807, 2.05) is 54.6 Å². The number of urea groups is 1. The van der Waals surface area contributed by atoms with Crippen LogP contribution in [0.5, 0.6) is 5.75 Å². The van der Waals surface area contributed by atoms with Crippen molar-refractivity contribution < 1.29 is 9.53 Å². The fraction of sp³-hybridized carbons (Fsp3) is 0.263. The van der Waals surface area contributed by atoms with E-state index in [1.165, 1.54) is 0 Å². The standard InChI is InChI=1S/C19H21N7O2/c1-28-17-9-7-15(8-10-17)20-19(27)25-13-11-24(12-14-25)18-21-22-23-26(18)16-5-3-2-4-6-16/h2-10H,11-14H2,1H3,(H,20,27). The number of methoxy groups -OCH3 is 1. The molecule has 9 nitrogen and oxygen atoms in total. The van der Waals surface area contributed by atoms with Gasteiger partial charge in [-0.15, -0.1) is 0 Å². The molecule has 1 N–H and O–H groups in total. The summed E-state index contributed by atoms with van der Waals surface area (Å²) in [5.74, 6) is 1.43. The minimum atomic E-state index is -0.118. The number of hydrogen-bond acceptors (Lipinski definition) is 6. The van der Waals surface area contributed by atoms with Crippen molar-refractivity contribution in [3.05, 3.63) is 54.6 Å². The normalized spacial score (nSPS) is 14.0. The second-order valence-corrected chi connectivity index (χ2v) is 6.36. The van der Waals surface area contributed by atoms with Crippen LogP contribution in [0.1, 0.15) is 0 Å². The first-order chi connectivity index (χ1) is 13.7. The van der Waals surface area contributed by atoms with Gasteiger partial charge in [0.15, 0.2) is 0 Å². The zero-order valence-corrected chi connectivity index (χ0v) is 15.5. The van der Waals surface area contributed by atoms with Gasteiger partial charge in [0.2, 0.25) is 5.95 Å². The number of nitrogens with zero attached hydrogens (tertiary/aromatic N) is 6. The van der Waals surface area contributed by atoms with E-state index in [9.17, 15) is 4.79 Å². The largest absolute Gasteiger partial charge is 0.497 e. The molecule has 0 atom stereocenters. The number of ether oxygens (including phenoxy) is 1. The van der Waals surface area contributed by atoms with Crippen molar-refractivity contribution in [3.8, 4) is 11.4 Å². The fourth-order valence-electron chi connectivity index (χ4n) is 3.10. The van der Waals surface area contributed by atoms with Gasteiger partial charge in [-0.3, -0.25) is 0 Å². The van der Waals surface area contributed by atoms with E-state index in [1.54, 1.807) is 16.7 Å². The molecule has 0 saturated carbocycles. The molecule has 144 valence electrons. The third kappa shape index (κ3) is 3.73. The Balaban J connectivity index is 1.37. The topological polar surface area (TPSA) is 88.4 Å². The van der Waals surface area contributed by atoms with Crippen LogP contribution in [0.3, 0.4) is 0 Å². The van der Waals surface area contributed by atoms with Gasteiger partial charge in [0.25, 0.3) is 0 Å². The maximum absolute atomic E-state index is 12.5. The van der Waals surface area contributed by atoms with Gasteiger partial charge in [-0.25, -0.2) is 4.79 Å². The second kappa shape index (κ2) is 7.95. The number of carbonyl (C=O) groups excluding carboxylic acids is 1. The SMILES string of the molecule is COc1ccc(NC(=O)N2CCN(c3nnnn3-c3ccccc3)CC2)cc1. The number of hydrogen-bond donors (Lipinski definition) is 1. The highest BCUT2D eigenvalue weighted by Gasteiger charge is 2.25. The molecule has 1 fully saturated rings. The summed E-state index contributed by atoms with van der Waals surface area (Å²) in [5, 5.41) is 15.0. The van der Waals surface area contributed by atoms with Crippen molar-refractivity contribution in [2.24, 2.45) is 0 Å². The first-order valence-corrected chi connectivity index (χ1v) is 9.03. The van der Waals surface area contributed by atoms with Gasteiger partial charge in [0.05, 0.1) is 12.8 Å². The number of rotatable bonds is 4. The Bertz CT molecular complexity index is 919. The highest BCUT2D eigenvalue weighted by molar-refractivity contribution is 5.89. The van der Waals surface area contributed by atoms with Crippen molar-refractivity contribution in [3.63, 3.8) is 0 Å². The van der Waals surface area contributed by atoms with Crippen LogP contribution in [0.2, 0.25) is 0 Å². The maximum atomic E-state index is 12.5. The van der Waals surface area contributed by atoms with E-state index in [-0.39, 0.29) is 6.03 Å². The summed E-state index contributed by atoms with van der Waals surface area (Å²) in [6.07, 6.45) is 0. The number of tetrazole rings is 1. The van der Waals surface area contributed by atoms with Crippen molar-refractivity contribution >= 4 is 17.7 Å². The van der Waals surface area contributed by atoms with Crippen LogP contribution < -0.4 is 15.0 Å². The molecule has 1 saturated heterocycles. The lowest BCUT2D eigenvalue weighted by molar-refractivity contribution is 0.208. The summed E-state index contributed by atoms with van der Waals surface area (Å²) in [5.41, 5.74) is 1.64. The molecule has 0 spiro atoms. The average Bonchev–Trinajstić information content (AvgIpc) is 3.25. The van der Waals surface area contributed by atoms with E-state index >= 15 is 0 Å². The molecule has 4 rings (SSSR count). The number of nitrogens with one attached hydrogen (secondary N) is 1. The van der Waals surface area contributed by atoms with E-state index in [4.69, 9.17) is 4.74 Å². The molecule has 0 radical (unpaired) electrons. The van der Waals surface area contributed by atoms with Gasteiger partial charge in [-0.1, -0.05) is 23.3 Å². The van der Waals surface area contributed by atoms with E-state index in [0.29, 0.717) is 32.1 Å². The third-order valence-electron chi connectivity index (χ3n) is 4.64. The van der Waals surface area contributed by atoms with Gasteiger partial charge in [0, 0.05) is 31.9 Å². The van der Waals surface area contributed by atoms with Crippen LogP contribution in [0.15, 0.2) is 54.6 Å². The van der Waals surface area contributed by atoms with Crippen LogP contribution in [-0.2, 0) is 0 Å². The lowest BCUT2D eigenvalue weighted by Gasteiger charge is -2.34. The van der Waals surface area contributed by atoms with Gasteiger partial charge in [-0.05, 0) is 46.8 Å². The molecular formula is C19H21N7O2. The van der Waals surface area contributed by atoms with Gasteiger partial charge in [0.1, 0.15) is 5.75 Å². The first-order valence-electron chi connectivity index (χ1n) is 9.03. The van der Waals surface area contributed by atoms with Gasteiger partial charge < -0.3 is 19.9 Å². The zero-order chi connectivity index (χ0) is 19.3. The number of para-hydroxylation sites is 1. The van der Waals surface area contributed by atoms with Gasteiger partial charge >= 0.3 is 6.03 Å². The summed E-state index contributed by atoms with van der Waals surface area (Å²) in [7, 11) is 1.61. The molecule has 28 heavy (non-hydrogen) atoms. The number of piperazine rings is 1. The molecule has 1 aromatic heterocycles. The highest BCUT2D eigenvalue weighted by atomic mass is 16.5. The monoisotopic (exact) mass is 379 g/mol. The molecule has 0 aliphatic carbocycles. The average molecular weight is 379 g/mol. The molecule has 9 heteroatoms. The summed E-state index contributed by atoms with van der Waals surface area (Å²) < 4.78 is 6.85. The summed E-state index contributed by atoms with van der Waals surface area (Å²) in [4.78, 5) is 16.4. The number of anilines is 2. The van der Waals surface area contributed by atoms with Gasteiger partial charge in [-0.2, -0.15) is 4.68 Å². The van der Waals surface area contributed by atoms with Crippen molar-refractivity contribution in [2.75, 3.05) is 43.5 Å². The van der Waals surface area contributed by atoms with Crippen molar-refractivity contribution in [1.29, 1.82) is 0 Å². The summed E-state index contributed by atoms with van der Waals surface area (Å²) in [6, 6.07) is 16.9. The fourth-order valence-corrected chi connectivity index (χ4v) is 3.10. The summed E-state index contributed by atoms with van der Waals surface area (Å²) >= 11 is 0. The van der Waals surface area contributed by atoms with E-state index in [0.717, 1.165) is 17.1 Å². The molecule has 1 aliphatic heterocycles. The van der Waals surface area contributed by atoms with Crippen molar-refractivity contribution in [2.45, 2.75) is 0 Å². The molecule has 0 unspecified atom stereocenters. The molecule has 3 aromatic rings. The Morgan fingerprint density at radius 3 is 2.39 bits per heavy atom. The van der Waals surface area contributed by atoms with Crippen LogP contribution in [-0.4, -0.2) is 64.4 Å². The number of benzene rings is 2. The Kier molecular flexibility index (Phi) is 5.05. The Hall–Kier alpha value is -3.62.